The molecule has 1 heterocycles. The number of rotatable bonds is 0. The number of Topliss-reactive ketones (excluding diaryl/α,β-unsaturated/α-hetero) is 2. The van der Waals surface area contributed by atoms with E-state index in [9.17, 15) is 13.8 Å². The average Bonchev–Trinajstić information content (AvgIpc) is 2.36. The van der Waals surface area contributed by atoms with Crippen LogP contribution in [0.15, 0.2) is 34.9 Å². The van der Waals surface area contributed by atoms with Crippen LogP contribution in [0.3, 0.4) is 0 Å². The molecule has 0 aromatic heterocycles. The molecule has 17 heavy (non-hydrogen) atoms. The number of carbonyl (C=O) groups excluding carboxylic acids is 2. The summed E-state index contributed by atoms with van der Waals surface area (Å²) in [6, 6.07) is 6.65. The van der Waals surface area contributed by atoms with Gasteiger partial charge in [0, 0.05) is 23.4 Å². The highest BCUT2D eigenvalue weighted by molar-refractivity contribution is 7.90. The number of allylic oxidation sites excluding steroid dienone is 2. The van der Waals surface area contributed by atoms with Gasteiger partial charge in [-0.05, 0) is 0 Å². The van der Waals surface area contributed by atoms with Crippen LogP contribution in [0.4, 0.5) is 0 Å². The van der Waals surface area contributed by atoms with Crippen molar-refractivity contribution in [2.75, 3.05) is 12.3 Å². The van der Waals surface area contributed by atoms with Crippen molar-refractivity contribution in [2.45, 2.75) is 0 Å². The van der Waals surface area contributed by atoms with Gasteiger partial charge in [-0.2, -0.15) is 0 Å². The summed E-state index contributed by atoms with van der Waals surface area (Å²) in [4.78, 5) is 24.4. The zero-order valence-corrected chi connectivity index (χ0v) is 9.67. The van der Waals surface area contributed by atoms with E-state index in [0.717, 1.165) is 0 Å². The minimum Gasteiger partial charge on any atom is -0.380 e. The van der Waals surface area contributed by atoms with Crippen molar-refractivity contribution in [1.29, 1.82) is 0 Å². The Morgan fingerprint density at radius 1 is 1.06 bits per heavy atom. The van der Waals surface area contributed by atoms with E-state index in [2.05, 4.69) is 5.32 Å². The van der Waals surface area contributed by atoms with Crippen molar-refractivity contribution in [3.8, 4) is 0 Å². The Morgan fingerprint density at radius 2 is 1.71 bits per heavy atom. The molecule has 1 aliphatic heterocycles. The fourth-order valence-electron chi connectivity index (χ4n) is 2.10. The summed E-state index contributed by atoms with van der Waals surface area (Å²) in [6.45, 7) is 0.465. The van der Waals surface area contributed by atoms with Crippen LogP contribution in [0.25, 0.3) is 0 Å². The number of benzene rings is 1. The van der Waals surface area contributed by atoms with Gasteiger partial charge in [-0.25, -0.2) is 0 Å². The average molecular weight is 247 g/mol. The molecule has 1 N–H and O–H groups in total. The monoisotopic (exact) mass is 247 g/mol. The van der Waals surface area contributed by atoms with Crippen LogP contribution < -0.4 is 5.32 Å². The van der Waals surface area contributed by atoms with Crippen LogP contribution >= 0.6 is 0 Å². The second-order valence-electron chi connectivity index (χ2n) is 3.88. The Balaban J connectivity index is 2.27. The summed E-state index contributed by atoms with van der Waals surface area (Å²) in [5, 5.41) is 2.89. The lowest BCUT2D eigenvalue weighted by Gasteiger charge is -2.24. The molecule has 0 saturated carbocycles. The third kappa shape index (κ3) is 1.39. The van der Waals surface area contributed by atoms with E-state index in [0.29, 0.717) is 23.4 Å². The molecule has 1 aromatic carbocycles. The number of carbonyl (C=O) groups is 2. The van der Waals surface area contributed by atoms with Crippen LogP contribution in [0.2, 0.25) is 0 Å². The molecule has 0 radical (unpaired) electrons. The zero-order chi connectivity index (χ0) is 12.0. The first-order valence-corrected chi connectivity index (χ1v) is 6.57. The van der Waals surface area contributed by atoms with E-state index in [-0.39, 0.29) is 22.2 Å². The maximum absolute atomic E-state index is 12.2. The van der Waals surface area contributed by atoms with Gasteiger partial charge in [0.1, 0.15) is 10.6 Å². The van der Waals surface area contributed by atoms with Gasteiger partial charge in [-0.3, -0.25) is 13.8 Å². The molecule has 2 aliphatic rings. The number of fused-ring (bicyclic) bond motifs is 1. The van der Waals surface area contributed by atoms with Crippen molar-refractivity contribution in [2.24, 2.45) is 0 Å². The summed E-state index contributed by atoms with van der Waals surface area (Å²) in [7, 11) is -1.37. The summed E-state index contributed by atoms with van der Waals surface area (Å²) in [5.41, 5.74) is 0.967. The highest BCUT2D eigenvalue weighted by Crippen LogP contribution is 2.28. The normalized spacial score (nSPS) is 22.9. The van der Waals surface area contributed by atoms with Gasteiger partial charge in [0.2, 0.25) is 11.6 Å². The molecule has 86 valence electrons. The van der Waals surface area contributed by atoms with Gasteiger partial charge in [0.05, 0.1) is 10.8 Å². The minimum atomic E-state index is -1.37. The van der Waals surface area contributed by atoms with Gasteiger partial charge in [0.25, 0.3) is 0 Å². The predicted octanol–water partition coefficient (Wildman–Crippen LogP) is 0.629. The summed E-state index contributed by atoms with van der Waals surface area (Å²) < 4.78 is 11.8. The van der Waals surface area contributed by atoms with Gasteiger partial charge in [0.15, 0.2) is 0 Å². The molecular formula is C12H9NO3S. The van der Waals surface area contributed by atoms with Gasteiger partial charge in [-0.15, -0.1) is 0 Å². The zero-order valence-electron chi connectivity index (χ0n) is 8.86. The fourth-order valence-corrected chi connectivity index (χ4v) is 3.30. The molecule has 1 aliphatic carbocycles. The van der Waals surface area contributed by atoms with Crippen molar-refractivity contribution < 1.29 is 13.8 Å². The van der Waals surface area contributed by atoms with Crippen molar-refractivity contribution in [3.05, 3.63) is 46.0 Å². The van der Waals surface area contributed by atoms with E-state index in [1.54, 1.807) is 24.3 Å². The molecule has 0 amide bonds. The molecule has 0 bridgehead atoms. The summed E-state index contributed by atoms with van der Waals surface area (Å²) >= 11 is 0. The quantitative estimate of drug-likeness (QED) is 0.730. The highest BCUT2D eigenvalue weighted by atomic mass is 32.2. The molecule has 0 spiro atoms. The van der Waals surface area contributed by atoms with E-state index in [4.69, 9.17) is 0 Å². The Bertz CT molecular complexity index is 604. The minimum absolute atomic E-state index is 0.139. The Kier molecular flexibility index (Phi) is 2.22. The molecule has 3 rings (SSSR count). The van der Waals surface area contributed by atoms with Crippen molar-refractivity contribution in [1.82, 2.24) is 5.32 Å². The molecule has 5 heteroatoms. The smallest absolute Gasteiger partial charge is 0.210 e. The third-order valence-electron chi connectivity index (χ3n) is 2.89. The molecule has 1 atom stereocenters. The fraction of sp³-hybridized carbons (Fsp3) is 0.167. The van der Waals surface area contributed by atoms with Crippen LogP contribution in [-0.4, -0.2) is 28.1 Å². The van der Waals surface area contributed by atoms with Gasteiger partial charge >= 0.3 is 0 Å². The van der Waals surface area contributed by atoms with Crippen LogP contribution in [0.5, 0.6) is 0 Å². The van der Waals surface area contributed by atoms with E-state index < -0.39 is 10.8 Å². The Labute approximate surface area is 100 Å². The van der Waals surface area contributed by atoms with Crippen LogP contribution in [0, 0.1) is 0 Å². The largest absolute Gasteiger partial charge is 0.380 e. The Hall–Kier alpha value is -1.75. The van der Waals surface area contributed by atoms with Crippen molar-refractivity contribution >= 4 is 22.4 Å². The van der Waals surface area contributed by atoms with E-state index >= 15 is 0 Å². The lowest BCUT2D eigenvalue weighted by atomic mass is 9.92. The summed E-state index contributed by atoms with van der Waals surface area (Å²) in [6.07, 6.45) is 0. The number of hydrogen-bond donors (Lipinski definition) is 1. The first-order valence-electron chi connectivity index (χ1n) is 5.25. The third-order valence-corrected chi connectivity index (χ3v) is 4.31. The first-order chi connectivity index (χ1) is 8.20. The molecule has 4 nitrogen and oxygen atoms in total. The molecule has 1 unspecified atom stereocenters. The molecular weight excluding hydrogens is 238 g/mol. The second kappa shape index (κ2) is 3.63. The predicted molar refractivity (Wildman–Crippen MR) is 63.1 cm³/mol. The number of ketones is 2. The second-order valence-corrected chi connectivity index (χ2v) is 5.39. The van der Waals surface area contributed by atoms with Gasteiger partial charge < -0.3 is 5.32 Å². The lowest BCUT2D eigenvalue weighted by molar-refractivity contribution is 0.0974. The standard InChI is InChI=1S/C12H9NO3S/c14-10-7-3-1-2-4-8(7)11(15)12-9(10)13-5-6-17(12)16/h1-4,13H,5-6H2. The first kappa shape index (κ1) is 10.4. The van der Waals surface area contributed by atoms with Crippen molar-refractivity contribution in [3.63, 3.8) is 0 Å². The maximum Gasteiger partial charge on any atom is 0.210 e. The van der Waals surface area contributed by atoms with Crippen LogP contribution in [0.1, 0.15) is 20.7 Å². The molecule has 1 aromatic rings. The maximum atomic E-state index is 12.2. The van der Waals surface area contributed by atoms with E-state index in [1.165, 1.54) is 0 Å². The molecule has 0 fully saturated rings. The number of hydrogen-bond acceptors (Lipinski definition) is 4. The van der Waals surface area contributed by atoms with Gasteiger partial charge in [-0.1, -0.05) is 24.3 Å². The Morgan fingerprint density at radius 3 is 2.41 bits per heavy atom. The van der Waals surface area contributed by atoms with E-state index in [1.807, 2.05) is 0 Å². The highest BCUT2D eigenvalue weighted by Gasteiger charge is 2.36. The lowest BCUT2D eigenvalue weighted by Crippen LogP contribution is -2.38. The molecule has 0 saturated heterocycles. The van der Waals surface area contributed by atoms with Crippen LogP contribution in [-0.2, 0) is 10.8 Å². The topological polar surface area (TPSA) is 63.2 Å². The summed E-state index contributed by atoms with van der Waals surface area (Å²) in [5.74, 6) is -0.149. The number of nitrogens with one attached hydrogen (secondary N) is 1. The SMILES string of the molecule is O=C1C2=C(C(=O)c3ccccc31)S(=O)CCN2.